The summed E-state index contributed by atoms with van der Waals surface area (Å²) in [6, 6.07) is 1.85. The predicted molar refractivity (Wildman–Crippen MR) is 58.4 cm³/mol. The van der Waals surface area contributed by atoms with E-state index in [2.05, 4.69) is 24.6 Å². The van der Waals surface area contributed by atoms with E-state index < -0.39 is 0 Å². The van der Waals surface area contributed by atoms with Crippen molar-refractivity contribution in [1.82, 2.24) is 19.3 Å². The molecule has 0 bridgehead atoms. The van der Waals surface area contributed by atoms with Crippen molar-refractivity contribution in [2.45, 2.75) is 13.5 Å². The zero-order chi connectivity index (χ0) is 10.7. The Bertz CT molecular complexity index is 454. The highest BCUT2D eigenvalue weighted by molar-refractivity contribution is 7.09. The van der Waals surface area contributed by atoms with E-state index in [1.54, 1.807) is 6.20 Å². The molecule has 0 amide bonds. The second-order valence-corrected chi connectivity index (χ2v) is 3.66. The molecule has 2 aromatic rings. The smallest absolute Gasteiger partial charge is 0.233 e. The van der Waals surface area contributed by atoms with E-state index in [1.165, 1.54) is 11.5 Å². The van der Waals surface area contributed by atoms with Crippen LogP contribution in [-0.2, 0) is 6.54 Å². The molecule has 15 heavy (non-hydrogen) atoms. The second kappa shape index (κ2) is 4.18. The average molecular weight is 222 g/mol. The number of hydrogen-bond donors (Lipinski definition) is 2. The lowest BCUT2D eigenvalue weighted by molar-refractivity contribution is 0.954. The highest BCUT2D eigenvalue weighted by atomic mass is 32.1. The van der Waals surface area contributed by atoms with Crippen LogP contribution in [-0.4, -0.2) is 19.3 Å². The molecule has 0 radical (unpaired) electrons. The summed E-state index contributed by atoms with van der Waals surface area (Å²) in [4.78, 5) is 12.2. The number of aryl methyl sites for hydroxylation is 1. The van der Waals surface area contributed by atoms with Crippen LogP contribution in [0.5, 0.6) is 0 Å². The van der Waals surface area contributed by atoms with E-state index >= 15 is 0 Å². The molecule has 0 aliphatic rings. The largest absolute Gasteiger partial charge is 0.367 e. The molecule has 3 N–H and O–H groups in total. The molecular weight excluding hydrogens is 212 g/mol. The highest BCUT2D eigenvalue weighted by Crippen LogP contribution is 2.12. The van der Waals surface area contributed by atoms with E-state index in [4.69, 9.17) is 5.73 Å². The van der Waals surface area contributed by atoms with E-state index in [0.29, 0.717) is 17.6 Å². The van der Waals surface area contributed by atoms with Crippen LogP contribution < -0.4 is 11.1 Å². The van der Waals surface area contributed by atoms with Crippen LogP contribution in [0, 0.1) is 6.92 Å². The molecular formula is C8H10N6S. The van der Waals surface area contributed by atoms with Gasteiger partial charge in [-0.15, -0.1) is 0 Å². The van der Waals surface area contributed by atoms with Gasteiger partial charge in [-0.05, 0) is 13.0 Å². The molecule has 6 nitrogen and oxygen atoms in total. The van der Waals surface area contributed by atoms with Gasteiger partial charge in [0.15, 0.2) is 0 Å². The Morgan fingerprint density at radius 1 is 1.47 bits per heavy atom. The minimum atomic E-state index is 0.293. The van der Waals surface area contributed by atoms with Crippen molar-refractivity contribution in [3.05, 3.63) is 23.8 Å². The predicted octanol–water partition coefficient (Wildman–Crippen LogP) is 0.831. The number of nitrogens with two attached hydrogens (primary N) is 1. The molecule has 2 heterocycles. The Balaban J connectivity index is 1.99. The maximum Gasteiger partial charge on any atom is 0.233 e. The molecule has 0 unspecified atom stereocenters. The first kappa shape index (κ1) is 9.78. The lowest BCUT2D eigenvalue weighted by atomic mass is 10.4. The monoisotopic (exact) mass is 222 g/mol. The maximum atomic E-state index is 5.39. The number of anilines is 2. The summed E-state index contributed by atoms with van der Waals surface area (Å²) in [6.07, 6.45) is 1.73. The lowest BCUT2D eigenvalue weighted by Crippen LogP contribution is -2.03. The van der Waals surface area contributed by atoms with Crippen molar-refractivity contribution in [3.8, 4) is 0 Å². The number of nitrogens with zero attached hydrogens (tertiary/aromatic N) is 4. The quantitative estimate of drug-likeness (QED) is 0.799. The van der Waals surface area contributed by atoms with E-state index in [0.717, 1.165) is 11.5 Å². The molecule has 78 valence electrons. The van der Waals surface area contributed by atoms with Crippen LogP contribution in [0.25, 0.3) is 0 Å². The van der Waals surface area contributed by atoms with Gasteiger partial charge in [0.1, 0.15) is 5.82 Å². The van der Waals surface area contributed by atoms with E-state index in [-0.39, 0.29) is 0 Å². The molecule has 0 saturated heterocycles. The summed E-state index contributed by atoms with van der Waals surface area (Å²) in [5.41, 5.74) is 6.31. The Morgan fingerprint density at radius 3 is 3.00 bits per heavy atom. The molecule has 0 aliphatic heterocycles. The first-order valence-electron chi connectivity index (χ1n) is 4.35. The third-order valence-electron chi connectivity index (χ3n) is 1.70. The van der Waals surface area contributed by atoms with Crippen molar-refractivity contribution in [1.29, 1.82) is 0 Å². The van der Waals surface area contributed by atoms with Crippen molar-refractivity contribution in [3.63, 3.8) is 0 Å². The van der Waals surface area contributed by atoms with Crippen molar-refractivity contribution in [2.24, 2.45) is 0 Å². The molecule has 2 rings (SSSR count). The zero-order valence-corrected chi connectivity index (χ0v) is 8.95. The van der Waals surface area contributed by atoms with Gasteiger partial charge in [-0.2, -0.15) is 9.36 Å². The number of aromatic nitrogens is 4. The maximum absolute atomic E-state index is 5.39. The summed E-state index contributed by atoms with van der Waals surface area (Å²) < 4.78 is 3.86. The SMILES string of the molecule is Cc1nccc(CNc2nc(N)ns2)n1. The van der Waals surface area contributed by atoms with E-state index in [9.17, 15) is 0 Å². The summed E-state index contributed by atoms with van der Waals surface area (Å²) in [7, 11) is 0. The van der Waals surface area contributed by atoms with E-state index in [1.807, 2.05) is 13.0 Å². The van der Waals surface area contributed by atoms with Gasteiger partial charge in [0.05, 0.1) is 12.2 Å². The standard InChI is InChI=1S/C8H10N6S/c1-5-10-3-2-6(12-5)4-11-8-13-7(9)14-15-8/h2-3H,4H2,1H3,(H3,9,11,13,14). The normalized spacial score (nSPS) is 10.2. The summed E-state index contributed by atoms with van der Waals surface area (Å²) in [5.74, 6) is 1.05. The van der Waals surface area contributed by atoms with Crippen molar-refractivity contribution >= 4 is 22.6 Å². The average Bonchev–Trinajstić information content (AvgIpc) is 2.62. The number of nitrogens with one attached hydrogen (secondary N) is 1. The fourth-order valence-electron chi connectivity index (χ4n) is 1.08. The van der Waals surface area contributed by atoms with Crippen LogP contribution in [0.15, 0.2) is 12.3 Å². The summed E-state index contributed by atoms with van der Waals surface area (Å²) in [5, 5.41) is 3.78. The fraction of sp³-hybridized carbons (Fsp3) is 0.250. The van der Waals surface area contributed by atoms with Gasteiger partial charge < -0.3 is 11.1 Å². The Morgan fingerprint density at radius 2 is 2.33 bits per heavy atom. The molecule has 0 fully saturated rings. The van der Waals surface area contributed by atoms with Gasteiger partial charge in [-0.25, -0.2) is 9.97 Å². The molecule has 0 spiro atoms. The zero-order valence-electron chi connectivity index (χ0n) is 8.14. The lowest BCUT2D eigenvalue weighted by Gasteiger charge is -2.01. The molecule has 7 heteroatoms. The minimum absolute atomic E-state index is 0.293. The van der Waals surface area contributed by atoms with Crippen LogP contribution in [0.2, 0.25) is 0 Å². The fourth-order valence-corrected chi connectivity index (χ4v) is 1.57. The number of nitrogen functional groups attached to an aromatic ring is 1. The Hall–Kier alpha value is -1.76. The number of hydrogen-bond acceptors (Lipinski definition) is 7. The van der Waals surface area contributed by atoms with Crippen LogP contribution in [0.3, 0.4) is 0 Å². The minimum Gasteiger partial charge on any atom is -0.367 e. The summed E-state index contributed by atoms with van der Waals surface area (Å²) >= 11 is 1.23. The highest BCUT2D eigenvalue weighted by Gasteiger charge is 2.00. The molecule has 0 aliphatic carbocycles. The third-order valence-corrected chi connectivity index (χ3v) is 2.38. The van der Waals surface area contributed by atoms with Gasteiger partial charge in [0.2, 0.25) is 11.1 Å². The first-order valence-corrected chi connectivity index (χ1v) is 5.13. The second-order valence-electron chi connectivity index (χ2n) is 2.91. The van der Waals surface area contributed by atoms with Gasteiger partial charge >= 0.3 is 0 Å². The molecule has 2 aromatic heterocycles. The van der Waals surface area contributed by atoms with Crippen molar-refractivity contribution < 1.29 is 0 Å². The first-order chi connectivity index (χ1) is 7.24. The van der Waals surface area contributed by atoms with Gasteiger partial charge in [0.25, 0.3) is 0 Å². The summed E-state index contributed by atoms with van der Waals surface area (Å²) in [6.45, 7) is 2.45. The molecule has 0 aromatic carbocycles. The van der Waals surface area contributed by atoms with Crippen LogP contribution >= 0.6 is 11.5 Å². The Kier molecular flexibility index (Phi) is 2.72. The number of rotatable bonds is 3. The third kappa shape index (κ3) is 2.59. The van der Waals surface area contributed by atoms with Crippen LogP contribution in [0.4, 0.5) is 11.1 Å². The van der Waals surface area contributed by atoms with Gasteiger partial charge in [-0.1, -0.05) is 0 Å². The Labute approximate surface area is 90.8 Å². The topological polar surface area (TPSA) is 89.6 Å². The van der Waals surface area contributed by atoms with Gasteiger partial charge in [0, 0.05) is 17.7 Å². The van der Waals surface area contributed by atoms with Crippen molar-refractivity contribution in [2.75, 3.05) is 11.1 Å². The molecule has 0 atom stereocenters. The molecule has 0 saturated carbocycles. The van der Waals surface area contributed by atoms with Crippen LogP contribution in [0.1, 0.15) is 11.5 Å². The van der Waals surface area contributed by atoms with Gasteiger partial charge in [-0.3, -0.25) is 0 Å².